The first-order valence-corrected chi connectivity index (χ1v) is 5.71. The lowest BCUT2D eigenvalue weighted by Crippen LogP contribution is -2.06. The van der Waals surface area contributed by atoms with Crippen LogP contribution in [0.4, 0.5) is 0 Å². The van der Waals surface area contributed by atoms with Gasteiger partial charge in [-0.3, -0.25) is 4.79 Å². The van der Waals surface area contributed by atoms with Crippen LogP contribution in [0.15, 0.2) is 0 Å². The van der Waals surface area contributed by atoms with Crippen molar-refractivity contribution in [1.29, 1.82) is 0 Å². The van der Waals surface area contributed by atoms with Gasteiger partial charge >= 0.3 is 0 Å². The Morgan fingerprint density at radius 1 is 0.875 bits per heavy atom. The average molecular weight is 233 g/mol. The van der Waals surface area contributed by atoms with Crippen LogP contribution in [0.25, 0.3) is 0 Å². The van der Waals surface area contributed by atoms with E-state index in [2.05, 4.69) is 9.78 Å². The number of rotatable bonds is 1. The number of carbonyl (C=O) groups is 1. The van der Waals surface area contributed by atoms with Gasteiger partial charge in [-0.1, -0.05) is 0 Å². The number of amides is 1. The summed E-state index contributed by atoms with van der Waals surface area (Å²) in [5, 5.41) is 0. The average Bonchev–Trinajstić information content (AvgIpc) is 2.91. The van der Waals surface area contributed by atoms with Crippen LogP contribution in [0.3, 0.4) is 0 Å². The predicted octanol–water partition coefficient (Wildman–Crippen LogP) is 1.23. The van der Waals surface area contributed by atoms with Gasteiger partial charge in [-0.05, 0) is 25.7 Å². The van der Waals surface area contributed by atoms with E-state index in [1.165, 1.54) is 17.7 Å². The van der Waals surface area contributed by atoms with Crippen LogP contribution in [0, 0.1) is 0 Å². The Labute approximate surface area is 97.6 Å². The first-order chi connectivity index (χ1) is 7.77. The third-order valence-electron chi connectivity index (χ3n) is 1.83. The van der Waals surface area contributed by atoms with Gasteiger partial charge in [-0.25, -0.2) is 9.78 Å². The Balaban J connectivity index is 0.000000213. The summed E-state index contributed by atoms with van der Waals surface area (Å²) in [5.74, 6) is 0. The van der Waals surface area contributed by atoms with Crippen molar-refractivity contribution in [3.63, 3.8) is 0 Å². The third-order valence-corrected chi connectivity index (χ3v) is 1.83. The smallest absolute Gasteiger partial charge is 0.209 e. The van der Waals surface area contributed by atoms with Gasteiger partial charge < -0.3 is 9.64 Å². The summed E-state index contributed by atoms with van der Waals surface area (Å²) in [6.07, 6.45) is 5.61. The lowest BCUT2D eigenvalue weighted by Gasteiger charge is -2.07. The second kappa shape index (κ2) is 12.4. The largest absolute Gasteiger partial charge is 0.381 e. The van der Waals surface area contributed by atoms with Crippen LogP contribution >= 0.6 is 0 Å². The molecular formula is C11H23NO4. The molecule has 0 atom stereocenters. The molecule has 0 aromatic rings. The van der Waals surface area contributed by atoms with Crippen molar-refractivity contribution in [2.75, 3.05) is 40.5 Å². The highest BCUT2D eigenvalue weighted by Crippen LogP contribution is 1.98. The highest BCUT2D eigenvalue weighted by Gasteiger charge is 1.96. The van der Waals surface area contributed by atoms with E-state index < -0.39 is 0 Å². The first kappa shape index (κ1) is 15.3. The van der Waals surface area contributed by atoms with Crippen molar-refractivity contribution in [2.45, 2.75) is 25.7 Å². The molecule has 0 saturated carbocycles. The van der Waals surface area contributed by atoms with E-state index in [0.29, 0.717) is 0 Å². The van der Waals surface area contributed by atoms with Crippen molar-refractivity contribution < 1.29 is 19.3 Å². The zero-order valence-corrected chi connectivity index (χ0v) is 10.3. The molecule has 0 aromatic carbocycles. The standard InChI is InChI=1S/C4H8O2.C4H8O.C3H7NO/c1-2-4-6-5-3-1;1-2-4-5-3-1;1-4(2)3-5/h1-4H2;1-4H2;3H,1-2H3. The topological polar surface area (TPSA) is 48.0 Å². The molecule has 2 aliphatic rings. The Hall–Kier alpha value is -0.650. The maximum atomic E-state index is 9.43. The number of ether oxygens (including phenoxy) is 1. The van der Waals surface area contributed by atoms with E-state index in [1.54, 1.807) is 14.1 Å². The molecule has 2 saturated heterocycles. The molecule has 0 bridgehead atoms. The molecular weight excluding hydrogens is 210 g/mol. The molecule has 0 unspecified atom stereocenters. The summed E-state index contributed by atoms with van der Waals surface area (Å²) in [6, 6.07) is 0. The fourth-order valence-corrected chi connectivity index (χ4v) is 0.950. The zero-order valence-electron chi connectivity index (χ0n) is 10.3. The first-order valence-electron chi connectivity index (χ1n) is 5.71. The second-order valence-corrected chi connectivity index (χ2v) is 3.74. The highest BCUT2D eigenvalue weighted by atomic mass is 17.2. The summed E-state index contributed by atoms with van der Waals surface area (Å²) >= 11 is 0. The summed E-state index contributed by atoms with van der Waals surface area (Å²) in [4.78, 5) is 20.0. The number of hydrogen-bond donors (Lipinski definition) is 0. The lowest BCUT2D eigenvalue weighted by molar-refractivity contribution is -0.312. The fraction of sp³-hybridized carbons (Fsp3) is 0.909. The molecule has 5 heteroatoms. The molecule has 1 amide bonds. The van der Waals surface area contributed by atoms with Crippen molar-refractivity contribution in [3.8, 4) is 0 Å². The van der Waals surface area contributed by atoms with Crippen LogP contribution < -0.4 is 0 Å². The quantitative estimate of drug-likeness (QED) is 0.505. The van der Waals surface area contributed by atoms with Crippen LogP contribution in [-0.2, 0) is 19.3 Å². The van der Waals surface area contributed by atoms with Gasteiger partial charge in [0.2, 0.25) is 6.41 Å². The summed E-state index contributed by atoms with van der Waals surface area (Å²) < 4.78 is 4.94. The number of nitrogens with zero attached hydrogens (tertiary/aromatic N) is 1. The minimum absolute atomic E-state index is 0.750. The van der Waals surface area contributed by atoms with Gasteiger partial charge in [0.25, 0.3) is 0 Å². The molecule has 2 heterocycles. The zero-order chi connectivity index (χ0) is 12.1. The third kappa shape index (κ3) is 13.4. The minimum atomic E-state index is 0.750. The van der Waals surface area contributed by atoms with Crippen LogP contribution in [0.1, 0.15) is 25.7 Å². The van der Waals surface area contributed by atoms with Gasteiger partial charge in [-0.15, -0.1) is 0 Å². The van der Waals surface area contributed by atoms with E-state index in [-0.39, 0.29) is 0 Å². The van der Waals surface area contributed by atoms with Gasteiger partial charge in [0.05, 0.1) is 13.2 Å². The highest BCUT2D eigenvalue weighted by molar-refractivity contribution is 5.45. The van der Waals surface area contributed by atoms with Crippen molar-refractivity contribution >= 4 is 6.41 Å². The Kier molecular flexibility index (Phi) is 11.9. The monoisotopic (exact) mass is 233 g/mol. The lowest BCUT2D eigenvalue weighted by atomic mass is 10.3. The molecule has 96 valence electrons. The van der Waals surface area contributed by atoms with Crippen LogP contribution in [0.5, 0.6) is 0 Å². The molecule has 0 radical (unpaired) electrons. The molecule has 2 fully saturated rings. The molecule has 0 N–H and O–H groups in total. The summed E-state index contributed by atoms with van der Waals surface area (Å²) in [7, 11) is 3.38. The van der Waals surface area contributed by atoms with Gasteiger partial charge in [0, 0.05) is 27.3 Å². The van der Waals surface area contributed by atoms with Gasteiger partial charge in [-0.2, -0.15) is 0 Å². The van der Waals surface area contributed by atoms with Gasteiger partial charge in [0.15, 0.2) is 0 Å². The Morgan fingerprint density at radius 2 is 1.25 bits per heavy atom. The van der Waals surface area contributed by atoms with Crippen LogP contribution in [0.2, 0.25) is 0 Å². The van der Waals surface area contributed by atoms with E-state index in [1.807, 2.05) is 0 Å². The summed E-state index contributed by atoms with van der Waals surface area (Å²) in [6.45, 7) is 3.56. The molecule has 0 aliphatic carbocycles. The maximum Gasteiger partial charge on any atom is 0.209 e. The van der Waals surface area contributed by atoms with Crippen LogP contribution in [-0.4, -0.2) is 51.8 Å². The normalized spacial score (nSPS) is 18.6. The van der Waals surface area contributed by atoms with Gasteiger partial charge in [0.1, 0.15) is 0 Å². The molecule has 16 heavy (non-hydrogen) atoms. The van der Waals surface area contributed by atoms with Crippen molar-refractivity contribution in [1.82, 2.24) is 4.90 Å². The van der Waals surface area contributed by atoms with E-state index in [4.69, 9.17) is 4.74 Å². The van der Waals surface area contributed by atoms with Crippen molar-refractivity contribution in [3.05, 3.63) is 0 Å². The van der Waals surface area contributed by atoms with E-state index >= 15 is 0 Å². The molecule has 0 spiro atoms. The second-order valence-electron chi connectivity index (χ2n) is 3.74. The Morgan fingerprint density at radius 3 is 1.38 bits per heavy atom. The number of carbonyl (C=O) groups excluding carboxylic acids is 1. The molecule has 5 nitrogen and oxygen atoms in total. The van der Waals surface area contributed by atoms with Crippen molar-refractivity contribution in [2.24, 2.45) is 0 Å². The number of hydrogen-bond acceptors (Lipinski definition) is 4. The minimum Gasteiger partial charge on any atom is -0.381 e. The molecule has 2 rings (SSSR count). The Bertz CT molecular complexity index is 126. The van der Waals surface area contributed by atoms with E-state index in [0.717, 1.165) is 45.7 Å². The summed E-state index contributed by atoms with van der Waals surface area (Å²) in [5.41, 5.74) is 0. The fourth-order valence-electron chi connectivity index (χ4n) is 0.950. The maximum absolute atomic E-state index is 9.43. The van der Waals surface area contributed by atoms with E-state index in [9.17, 15) is 4.79 Å². The molecule has 0 aromatic heterocycles. The molecule has 2 aliphatic heterocycles. The SMILES string of the molecule is C1CCOC1.C1CCOOC1.CN(C)C=O. The predicted molar refractivity (Wildman–Crippen MR) is 60.9 cm³/mol.